The van der Waals surface area contributed by atoms with Crippen LogP contribution >= 0.6 is 0 Å². The van der Waals surface area contributed by atoms with Crippen molar-refractivity contribution < 1.29 is 9.21 Å². The molecule has 0 aliphatic heterocycles. The molecule has 2 N–H and O–H groups in total. The third-order valence-corrected chi connectivity index (χ3v) is 5.94. The second-order valence-corrected chi connectivity index (χ2v) is 8.20. The van der Waals surface area contributed by atoms with E-state index >= 15 is 0 Å². The summed E-state index contributed by atoms with van der Waals surface area (Å²) in [5.74, 6) is 1.97. The quantitative estimate of drug-likeness (QED) is 0.409. The summed E-state index contributed by atoms with van der Waals surface area (Å²) in [4.78, 5) is 21.4. The molecule has 0 amide bonds. The zero-order valence-corrected chi connectivity index (χ0v) is 17.5. The smallest absolute Gasteiger partial charge is 0.229 e. The Morgan fingerprint density at radius 1 is 1.09 bits per heavy atom. The number of aromatic nitrogens is 4. The number of rotatable bonds is 4. The van der Waals surface area contributed by atoms with Gasteiger partial charge in [-0.3, -0.25) is 4.79 Å². The van der Waals surface area contributed by atoms with Gasteiger partial charge in [0.15, 0.2) is 11.6 Å². The van der Waals surface area contributed by atoms with E-state index in [4.69, 9.17) is 14.5 Å². The second-order valence-electron chi connectivity index (χ2n) is 8.20. The summed E-state index contributed by atoms with van der Waals surface area (Å²) in [6.07, 6.45) is 2.67. The van der Waals surface area contributed by atoms with Crippen molar-refractivity contribution >= 4 is 28.3 Å². The maximum Gasteiger partial charge on any atom is 0.229 e. The van der Waals surface area contributed by atoms with Crippen LogP contribution in [0.25, 0.3) is 17.0 Å². The largest absolute Gasteiger partial charge is 0.469 e. The number of Topliss-reactive ketones (excluding diaryl/α,β-unsaturated/α-hetero) is 1. The average molecular weight is 423 g/mol. The van der Waals surface area contributed by atoms with Crippen LogP contribution in [0.3, 0.4) is 0 Å². The zero-order chi connectivity index (χ0) is 21.7. The Morgan fingerprint density at radius 2 is 2.00 bits per heavy atom. The fourth-order valence-corrected chi connectivity index (χ4v) is 4.45. The van der Waals surface area contributed by atoms with Gasteiger partial charge >= 0.3 is 0 Å². The number of H-pyrrole nitrogens is 1. The van der Waals surface area contributed by atoms with Crippen LogP contribution in [0.15, 0.2) is 71.3 Å². The molecule has 0 saturated heterocycles. The highest BCUT2D eigenvalue weighted by Gasteiger charge is 2.35. The Kier molecular flexibility index (Phi) is 4.21. The monoisotopic (exact) mass is 423 g/mol. The van der Waals surface area contributed by atoms with Gasteiger partial charge in [0.2, 0.25) is 5.95 Å². The van der Waals surface area contributed by atoms with Crippen LogP contribution in [-0.2, 0) is 6.42 Å². The maximum atomic E-state index is 13.3. The molecule has 1 aliphatic carbocycles. The molecule has 0 radical (unpaired) electrons. The molecule has 1 aliphatic rings. The van der Waals surface area contributed by atoms with Crippen LogP contribution in [0.2, 0.25) is 0 Å². The summed E-state index contributed by atoms with van der Waals surface area (Å²) in [6, 6.07) is 19.6. The van der Waals surface area contributed by atoms with Crippen LogP contribution in [0.1, 0.15) is 39.7 Å². The molecule has 3 heterocycles. The van der Waals surface area contributed by atoms with E-state index in [2.05, 4.69) is 10.3 Å². The van der Waals surface area contributed by atoms with E-state index < -0.39 is 0 Å². The number of aromatic amines is 1. The van der Waals surface area contributed by atoms with E-state index in [0.717, 1.165) is 33.7 Å². The molecule has 32 heavy (non-hydrogen) atoms. The number of aryl methyl sites for hydroxylation is 1. The van der Waals surface area contributed by atoms with E-state index in [1.54, 1.807) is 10.9 Å². The molecule has 2 aromatic carbocycles. The number of anilines is 2. The van der Waals surface area contributed by atoms with Gasteiger partial charge in [-0.2, -0.15) is 0 Å². The van der Waals surface area contributed by atoms with E-state index in [1.165, 1.54) is 0 Å². The fourth-order valence-electron chi connectivity index (χ4n) is 4.45. The lowest BCUT2D eigenvalue weighted by Crippen LogP contribution is -2.20. The first-order chi connectivity index (χ1) is 15.7. The number of ketones is 1. The highest BCUT2D eigenvalue weighted by Crippen LogP contribution is 2.38. The number of carbonyl (C=O) groups is 1. The second kappa shape index (κ2) is 7.23. The summed E-state index contributed by atoms with van der Waals surface area (Å²) < 4.78 is 7.39. The van der Waals surface area contributed by atoms with Crippen molar-refractivity contribution in [3.05, 3.63) is 89.5 Å². The summed E-state index contributed by atoms with van der Waals surface area (Å²) in [6.45, 7) is 2.03. The first kappa shape index (κ1) is 18.6. The number of hydrogen-bond donors (Lipinski definition) is 2. The zero-order valence-electron chi connectivity index (χ0n) is 17.5. The Labute approximate surface area is 184 Å². The molecular formula is C25H21N5O2. The van der Waals surface area contributed by atoms with Gasteiger partial charge in [-0.15, -0.1) is 5.10 Å². The van der Waals surface area contributed by atoms with E-state index in [9.17, 15) is 4.79 Å². The molecular weight excluding hydrogens is 402 g/mol. The van der Waals surface area contributed by atoms with Crippen LogP contribution in [-0.4, -0.2) is 25.5 Å². The number of hydrogen-bond acceptors (Lipinski definition) is 5. The van der Waals surface area contributed by atoms with E-state index in [1.807, 2.05) is 67.6 Å². The van der Waals surface area contributed by atoms with Crippen LogP contribution in [0.5, 0.6) is 0 Å². The molecule has 1 unspecified atom stereocenters. The Hall–Kier alpha value is -4.13. The lowest BCUT2D eigenvalue weighted by atomic mass is 9.85. The minimum absolute atomic E-state index is 0.0309. The lowest BCUT2D eigenvalue weighted by molar-refractivity contribution is 0.0960. The molecule has 158 valence electrons. The fraction of sp³-hybridized carbons (Fsp3) is 0.160. The number of para-hydroxylation sites is 2. The van der Waals surface area contributed by atoms with Crippen molar-refractivity contribution in [1.82, 2.24) is 19.7 Å². The molecule has 5 aromatic rings. The molecule has 7 heteroatoms. The Morgan fingerprint density at radius 3 is 2.81 bits per heavy atom. The standard InChI is InChI=1S/C25H21N5O2/c1-15-6-4-7-17(12-15)26-24-23-20(13-16(14-21(23)31)22-10-5-11-32-22)30(29-24)25-27-18-8-2-3-9-19(18)28-25/h2-12,16H,13-14H2,1H3,(H,26,29)(H,27,28). The molecule has 6 rings (SSSR count). The topological polar surface area (TPSA) is 88.7 Å². The highest BCUT2D eigenvalue weighted by atomic mass is 16.3. The van der Waals surface area contributed by atoms with Gasteiger partial charge < -0.3 is 14.7 Å². The van der Waals surface area contributed by atoms with Crippen molar-refractivity contribution in [2.45, 2.75) is 25.7 Å². The van der Waals surface area contributed by atoms with Crippen molar-refractivity contribution in [2.75, 3.05) is 5.32 Å². The molecule has 7 nitrogen and oxygen atoms in total. The Balaban J connectivity index is 1.50. The number of nitrogens with one attached hydrogen (secondary N) is 2. The molecule has 0 bridgehead atoms. The SMILES string of the molecule is Cc1cccc(Nc2nn(-c3nc4ccccc4[nH]3)c3c2C(=O)CC(c2ccco2)C3)c1. The third-order valence-electron chi connectivity index (χ3n) is 5.94. The van der Waals surface area contributed by atoms with Gasteiger partial charge in [-0.05, 0) is 48.9 Å². The number of imidazole rings is 1. The number of furan rings is 1. The van der Waals surface area contributed by atoms with Gasteiger partial charge in [0.1, 0.15) is 5.76 Å². The first-order valence-corrected chi connectivity index (χ1v) is 10.6. The molecule has 3 aromatic heterocycles. The molecule has 0 fully saturated rings. The van der Waals surface area contributed by atoms with Gasteiger partial charge in [0.25, 0.3) is 0 Å². The minimum atomic E-state index is -0.0309. The lowest BCUT2D eigenvalue weighted by Gasteiger charge is -2.20. The van der Waals surface area contributed by atoms with Gasteiger partial charge in [0.05, 0.1) is 28.6 Å². The predicted octanol–water partition coefficient (Wildman–Crippen LogP) is 5.31. The summed E-state index contributed by atoms with van der Waals surface area (Å²) in [5, 5.41) is 8.17. The van der Waals surface area contributed by atoms with Crippen LogP contribution in [0.4, 0.5) is 11.5 Å². The first-order valence-electron chi connectivity index (χ1n) is 10.6. The average Bonchev–Trinajstić information content (AvgIpc) is 3.52. The number of benzene rings is 2. The van der Waals surface area contributed by atoms with Gasteiger partial charge in [0, 0.05) is 24.4 Å². The van der Waals surface area contributed by atoms with E-state index in [-0.39, 0.29) is 11.7 Å². The van der Waals surface area contributed by atoms with E-state index in [0.29, 0.717) is 30.2 Å². The normalized spacial score (nSPS) is 15.8. The van der Waals surface area contributed by atoms with Crippen molar-refractivity contribution in [2.24, 2.45) is 0 Å². The number of fused-ring (bicyclic) bond motifs is 2. The molecule has 1 atom stereocenters. The van der Waals surface area contributed by atoms with Crippen LogP contribution in [0, 0.1) is 6.92 Å². The summed E-state index contributed by atoms with van der Waals surface area (Å²) in [5.41, 5.74) is 5.24. The Bertz CT molecular complexity index is 1410. The third kappa shape index (κ3) is 3.10. The number of nitrogens with zero attached hydrogens (tertiary/aromatic N) is 3. The molecule has 0 spiro atoms. The van der Waals surface area contributed by atoms with Gasteiger partial charge in [-0.1, -0.05) is 24.3 Å². The summed E-state index contributed by atoms with van der Waals surface area (Å²) >= 11 is 0. The van der Waals surface area contributed by atoms with Gasteiger partial charge in [-0.25, -0.2) is 9.67 Å². The molecule has 0 saturated carbocycles. The van der Waals surface area contributed by atoms with Crippen molar-refractivity contribution in [3.8, 4) is 5.95 Å². The maximum absolute atomic E-state index is 13.3. The highest BCUT2D eigenvalue weighted by molar-refractivity contribution is 6.03. The summed E-state index contributed by atoms with van der Waals surface area (Å²) in [7, 11) is 0. The van der Waals surface area contributed by atoms with Crippen molar-refractivity contribution in [1.29, 1.82) is 0 Å². The van der Waals surface area contributed by atoms with Crippen molar-refractivity contribution in [3.63, 3.8) is 0 Å². The predicted molar refractivity (Wildman–Crippen MR) is 122 cm³/mol. The minimum Gasteiger partial charge on any atom is -0.469 e. The van der Waals surface area contributed by atoms with Crippen LogP contribution < -0.4 is 5.32 Å². The number of carbonyl (C=O) groups excluding carboxylic acids is 1.